The van der Waals surface area contributed by atoms with Gasteiger partial charge in [-0.1, -0.05) is 36.4 Å². The topological polar surface area (TPSA) is 111 Å². The van der Waals surface area contributed by atoms with E-state index in [9.17, 15) is 19.7 Å². The van der Waals surface area contributed by atoms with Gasteiger partial charge in [-0.3, -0.25) is 24.5 Å². The number of hydrogen-bond acceptors (Lipinski definition) is 8. The summed E-state index contributed by atoms with van der Waals surface area (Å²) in [4.78, 5) is 46.2. The number of amides is 2. The number of rotatable bonds is 6. The molecule has 0 aliphatic carbocycles. The molecule has 2 fully saturated rings. The number of hydrogen-bond donors (Lipinski definition) is 0. The molecule has 0 saturated carbocycles. The maximum absolute atomic E-state index is 13.8. The minimum Gasteiger partial charge on any atom is -0.493 e. The molecule has 3 aromatic carbocycles. The molecule has 5 rings (SSSR count). The Kier molecular flexibility index (Phi) is 5.81. The summed E-state index contributed by atoms with van der Waals surface area (Å²) < 4.78 is 10.7. The molecule has 0 N–H and O–H groups in total. The highest BCUT2D eigenvalue weighted by Crippen LogP contribution is 2.51. The van der Waals surface area contributed by atoms with Crippen LogP contribution in [0.15, 0.2) is 66.7 Å². The van der Waals surface area contributed by atoms with Crippen molar-refractivity contribution < 1.29 is 28.8 Å². The van der Waals surface area contributed by atoms with Gasteiger partial charge >= 0.3 is 0 Å². The Labute approximate surface area is 206 Å². The fourth-order valence-corrected chi connectivity index (χ4v) is 4.86. The molecule has 2 amide bonds. The Morgan fingerprint density at radius 1 is 0.917 bits per heavy atom. The number of anilines is 2. The first-order valence-corrected chi connectivity index (χ1v) is 11.2. The summed E-state index contributed by atoms with van der Waals surface area (Å²) in [5.41, 5.74) is 1.63. The first-order chi connectivity index (χ1) is 17.4. The van der Waals surface area contributed by atoms with Gasteiger partial charge in [0.2, 0.25) is 5.91 Å². The molecule has 2 aliphatic heterocycles. The Morgan fingerprint density at radius 3 is 2.19 bits per heavy atom. The van der Waals surface area contributed by atoms with Gasteiger partial charge in [-0.05, 0) is 36.8 Å². The van der Waals surface area contributed by atoms with Gasteiger partial charge in [0.25, 0.3) is 11.6 Å². The SMILES string of the molecule is COc1cc([C@@H]2[C@@H]3C(=O)N(c4ccccc4C)C(=O)[C@@H]3ON2c2ccccc2)c([N+](=O)[O-])cc1OC. The summed E-state index contributed by atoms with van der Waals surface area (Å²) in [5, 5.41) is 13.6. The second-order valence-corrected chi connectivity index (χ2v) is 8.48. The number of imide groups is 1. The highest BCUT2D eigenvalue weighted by atomic mass is 16.7. The zero-order valence-electron chi connectivity index (χ0n) is 19.8. The van der Waals surface area contributed by atoms with Crippen molar-refractivity contribution in [2.24, 2.45) is 5.92 Å². The van der Waals surface area contributed by atoms with Gasteiger partial charge in [0.15, 0.2) is 17.6 Å². The maximum atomic E-state index is 13.8. The first kappa shape index (κ1) is 23.3. The molecule has 2 aliphatic rings. The fraction of sp³-hybridized carbons (Fsp3) is 0.231. The predicted molar refractivity (Wildman–Crippen MR) is 130 cm³/mol. The van der Waals surface area contributed by atoms with Crippen molar-refractivity contribution in [3.05, 3.63) is 88.0 Å². The second-order valence-electron chi connectivity index (χ2n) is 8.48. The number of carbonyl (C=O) groups excluding carboxylic acids is 2. The van der Waals surface area contributed by atoms with Crippen LogP contribution in [0.5, 0.6) is 11.5 Å². The summed E-state index contributed by atoms with van der Waals surface area (Å²) in [6.07, 6.45) is -1.16. The van der Waals surface area contributed by atoms with Crippen LogP contribution < -0.4 is 19.4 Å². The normalized spacial score (nSPS) is 21.0. The van der Waals surface area contributed by atoms with E-state index in [0.717, 1.165) is 10.5 Å². The van der Waals surface area contributed by atoms with Crippen LogP contribution in [0, 0.1) is 23.0 Å². The van der Waals surface area contributed by atoms with E-state index in [0.29, 0.717) is 11.4 Å². The van der Waals surface area contributed by atoms with E-state index in [2.05, 4.69) is 0 Å². The lowest BCUT2D eigenvalue weighted by Gasteiger charge is -2.29. The monoisotopic (exact) mass is 489 g/mol. The van der Waals surface area contributed by atoms with Gasteiger partial charge in [-0.2, -0.15) is 0 Å². The minimum absolute atomic E-state index is 0.168. The molecule has 10 heteroatoms. The molecule has 184 valence electrons. The number of fused-ring (bicyclic) bond motifs is 1. The van der Waals surface area contributed by atoms with E-state index >= 15 is 0 Å². The number of para-hydroxylation sites is 2. The summed E-state index contributed by atoms with van der Waals surface area (Å²) in [6, 6.07) is 17.6. The second kappa shape index (κ2) is 8.97. The van der Waals surface area contributed by atoms with Gasteiger partial charge in [0, 0.05) is 0 Å². The zero-order chi connectivity index (χ0) is 25.6. The van der Waals surface area contributed by atoms with Crippen LogP contribution in [0.2, 0.25) is 0 Å². The van der Waals surface area contributed by atoms with Crippen LogP contribution in [0.1, 0.15) is 17.2 Å². The van der Waals surface area contributed by atoms with Crippen molar-refractivity contribution in [1.29, 1.82) is 0 Å². The van der Waals surface area contributed by atoms with Gasteiger partial charge in [-0.15, -0.1) is 0 Å². The number of benzene rings is 3. The lowest BCUT2D eigenvalue weighted by atomic mass is 9.89. The molecular formula is C26H23N3O7. The first-order valence-electron chi connectivity index (χ1n) is 11.2. The largest absolute Gasteiger partial charge is 0.493 e. The van der Waals surface area contributed by atoms with E-state index in [-0.39, 0.29) is 22.7 Å². The molecule has 36 heavy (non-hydrogen) atoms. The van der Waals surface area contributed by atoms with Crippen molar-refractivity contribution in [2.45, 2.75) is 19.1 Å². The molecule has 0 radical (unpaired) electrons. The van der Waals surface area contributed by atoms with E-state index in [1.54, 1.807) is 49.4 Å². The van der Waals surface area contributed by atoms with E-state index < -0.39 is 34.8 Å². The standard InChI is InChI=1S/C26H23N3O7/c1-15-9-7-8-12-18(15)27-25(30)22-23(17-13-20(34-2)21(35-3)14-19(17)29(32)33)28(36-24(22)26(27)31)16-10-5-4-6-11-16/h4-14,22-24H,1-3H3/t22-,23+,24+/m0/s1. The average Bonchev–Trinajstić information content (AvgIpc) is 3.39. The molecule has 2 saturated heterocycles. The van der Waals surface area contributed by atoms with Crippen molar-refractivity contribution in [2.75, 3.05) is 24.2 Å². The highest BCUT2D eigenvalue weighted by Gasteiger charge is 2.61. The number of nitro benzene ring substituents is 1. The molecule has 0 aromatic heterocycles. The quantitative estimate of drug-likeness (QED) is 0.291. The van der Waals surface area contributed by atoms with Crippen molar-refractivity contribution in [3.8, 4) is 11.5 Å². The smallest absolute Gasteiger partial charge is 0.278 e. The lowest BCUT2D eigenvalue weighted by Crippen LogP contribution is -2.37. The molecule has 3 atom stereocenters. The van der Waals surface area contributed by atoms with Crippen LogP contribution >= 0.6 is 0 Å². The van der Waals surface area contributed by atoms with Crippen LogP contribution in [0.25, 0.3) is 0 Å². The van der Waals surface area contributed by atoms with E-state index in [1.807, 2.05) is 12.1 Å². The number of carbonyl (C=O) groups is 2. The van der Waals surface area contributed by atoms with Crippen LogP contribution in [-0.4, -0.2) is 37.1 Å². The maximum Gasteiger partial charge on any atom is 0.278 e. The minimum atomic E-state index is -1.16. The molecular weight excluding hydrogens is 466 g/mol. The van der Waals surface area contributed by atoms with Crippen LogP contribution in [0.4, 0.5) is 17.1 Å². The third-order valence-corrected chi connectivity index (χ3v) is 6.53. The third kappa shape index (κ3) is 3.54. The average molecular weight is 489 g/mol. The van der Waals surface area contributed by atoms with Crippen LogP contribution in [-0.2, 0) is 14.4 Å². The fourth-order valence-electron chi connectivity index (χ4n) is 4.86. The molecule has 3 aromatic rings. The molecule has 0 spiro atoms. The van der Waals surface area contributed by atoms with Gasteiger partial charge in [-0.25, -0.2) is 9.96 Å². The molecule has 10 nitrogen and oxygen atoms in total. The van der Waals surface area contributed by atoms with Crippen molar-refractivity contribution in [1.82, 2.24) is 0 Å². The molecule has 0 unspecified atom stereocenters. The number of nitrogens with zero attached hydrogens (tertiary/aromatic N) is 3. The molecule has 0 bridgehead atoms. The Bertz CT molecular complexity index is 1360. The van der Waals surface area contributed by atoms with Gasteiger partial charge in [0.1, 0.15) is 12.0 Å². The molecule has 2 heterocycles. The lowest BCUT2D eigenvalue weighted by molar-refractivity contribution is -0.385. The summed E-state index contributed by atoms with van der Waals surface area (Å²) in [5.74, 6) is -1.63. The van der Waals surface area contributed by atoms with Crippen molar-refractivity contribution in [3.63, 3.8) is 0 Å². The number of ether oxygens (including phenoxy) is 2. The third-order valence-electron chi connectivity index (χ3n) is 6.53. The predicted octanol–water partition coefficient (Wildman–Crippen LogP) is 3.97. The number of methoxy groups -OCH3 is 2. The number of hydroxylamine groups is 1. The summed E-state index contributed by atoms with van der Waals surface area (Å²) >= 11 is 0. The Balaban J connectivity index is 1.70. The van der Waals surface area contributed by atoms with Crippen molar-refractivity contribution >= 4 is 28.9 Å². The number of aryl methyl sites for hydroxylation is 1. The summed E-state index contributed by atoms with van der Waals surface area (Å²) in [7, 11) is 2.80. The van der Waals surface area contributed by atoms with Gasteiger partial charge in [0.05, 0.1) is 42.1 Å². The Hall–Kier alpha value is -4.44. The van der Waals surface area contributed by atoms with Gasteiger partial charge < -0.3 is 9.47 Å². The van der Waals surface area contributed by atoms with E-state index in [4.69, 9.17) is 14.3 Å². The highest BCUT2D eigenvalue weighted by molar-refractivity contribution is 6.24. The van der Waals surface area contributed by atoms with E-state index in [1.165, 1.54) is 31.4 Å². The number of nitro groups is 1. The zero-order valence-corrected chi connectivity index (χ0v) is 19.8. The Morgan fingerprint density at radius 2 is 1.56 bits per heavy atom. The van der Waals surface area contributed by atoms with Crippen LogP contribution in [0.3, 0.4) is 0 Å². The summed E-state index contributed by atoms with van der Waals surface area (Å²) in [6.45, 7) is 1.80.